The van der Waals surface area contributed by atoms with Crippen molar-refractivity contribution in [3.63, 3.8) is 0 Å². The Hall–Kier alpha value is -1.40. The van der Waals surface area contributed by atoms with Crippen LogP contribution in [0.15, 0.2) is 12.1 Å². The number of ether oxygens (including phenoxy) is 3. The first-order valence-corrected chi connectivity index (χ1v) is 6.44. The number of ketones is 1. The fourth-order valence-electron chi connectivity index (χ4n) is 1.75. The van der Waals surface area contributed by atoms with Gasteiger partial charge in [-0.2, -0.15) is 0 Å². The van der Waals surface area contributed by atoms with Gasteiger partial charge in [0.1, 0.15) is 19.8 Å². The zero-order valence-corrected chi connectivity index (χ0v) is 11.3. The van der Waals surface area contributed by atoms with Gasteiger partial charge in [0.2, 0.25) is 0 Å². The van der Waals surface area contributed by atoms with Crippen LogP contribution in [0.5, 0.6) is 11.5 Å². The Labute approximate surface area is 119 Å². The van der Waals surface area contributed by atoms with Crippen molar-refractivity contribution in [1.82, 2.24) is 0 Å². The van der Waals surface area contributed by atoms with Crippen molar-refractivity contribution >= 4 is 17.4 Å². The standard InChI is InChI=1S/C13H13ClF2O4/c14-9-6-12-11(19-3-4-20-12)5-8(9)10(17)1-2-18-7-13(15)16/h5-6,13H,1-4,7H2. The van der Waals surface area contributed by atoms with Crippen molar-refractivity contribution in [3.8, 4) is 11.5 Å². The van der Waals surface area contributed by atoms with Crippen LogP contribution in [-0.4, -0.2) is 38.6 Å². The van der Waals surface area contributed by atoms with Gasteiger partial charge in [-0.05, 0) is 6.07 Å². The van der Waals surface area contributed by atoms with Gasteiger partial charge in [-0.1, -0.05) is 11.6 Å². The van der Waals surface area contributed by atoms with Crippen LogP contribution in [0.3, 0.4) is 0 Å². The quantitative estimate of drug-likeness (QED) is 0.599. The Morgan fingerprint density at radius 1 is 1.30 bits per heavy atom. The maximum Gasteiger partial charge on any atom is 0.261 e. The normalized spacial score (nSPS) is 13.6. The highest BCUT2D eigenvalue weighted by molar-refractivity contribution is 6.34. The molecule has 0 N–H and O–H groups in total. The lowest BCUT2D eigenvalue weighted by Gasteiger charge is -2.19. The number of rotatable bonds is 6. The molecule has 1 aliphatic heterocycles. The fourth-order valence-corrected chi connectivity index (χ4v) is 2.01. The summed E-state index contributed by atoms with van der Waals surface area (Å²) in [6, 6.07) is 3.02. The van der Waals surface area contributed by atoms with E-state index in [0.717, 1.165) is 0 Å². The first kappa shape index (κ1) is 15.0. The molecule has 0 amide bonds. The van der Waals surface area contributed by atoms with Crippen LogP contribution in [0.4, 0.5) is 8.78 Å². The molecule has 0 atom stereocenters. The molecule has 0 unspecified atom stereocenters. The van der Waals surface area contributed by atoms with Crippen molar-refractivity contribution in [3.05, 3.63) is 22.7 Å². The van der Waals surface area contributed by atoms with Crippen molar-refractivity contribution in [2.45, 2.75) is 12.8 Å². The number of carbonyl (C=O) groups excluding carboxylic acids is 1. The van der Waals surface area contributed by atoms with E-state index in [2.05, 4.69) is 4.74 Å². The topological polar surface area (TPSA) is 44.8 Å². The number of carbonyl (C=O) groups is 1. The molecule has 1 aromatic rings. The van der Waals surface area contributed by atoms with Gasteiger partial charge in [-0.25, -0.2) is 8.78 Å². The van der Waals surface area contributed by atoms with Crippen LogP contribution in [0, 0.1) is 0 Å². The van der Waals surface area contributed by atoms with Gasteiger partial charge >= 0.3 is 0 Å². The Kier molecular flexibility index (Phi) is 5.14. The van der Waals surface area contributed by atoms with Crippen LogP contribution >= 0.6 is 11.6 Å². The second kappa shape index (κ2) is 6.85. The minimum atomic E-state index is -2.54. The number of hydrogen-bond acceptors (Lipinski definition) is 4. The maximum absolute atomic E-state index is 11.9. The number of fused-ring (bicyclic) bond motifs is 1. The van der Waals surface area contributed by atoms with Gasteiger partial charge < -0.3 is 14.2 Å². The Morgan fingerprint density at radius 3 is 2.60 bits per heavy atom. The van der Waals surface area contributed by atoms with E-state index in [0.29, 0.717) is 24.7 Å². The number of halogens is 3. The van der Waals surface area contributed by atoms with E-state index < -0.39 is 13.0 Å². The summed E-state index contributed by atoms with van der Waals surface area (Å²) in [5.41, 5.74) is 0.275. The molecule has 7 heteroatoms. The van der Waals surface area contributed by atoms with Crippen LogP contribution < -0.4 is 9.47 Å². The average Bonchev–Trinajstić information content (AvgIpc) is 2.42. The summed E-state index contributed by atoms with van der Waals surface area (Å²) in [5.74, 6) is 0.658. The molecular formula is C13H13ClF2O4. The van der Waals surface area contributed by atoms with E-state index in [9.17, 15) is 13.6 Å². The third-order valence-corrected chi connectivity index (χ3v) is 2.96. The maximum atomic E-state index is 11.9. The zero-order chi connectivity index (χ0) is 14.5. The van der Waals surface area contributed by atoms with Crippen LogP contribution in [0.25, 0.3) is 0 Å². The summed E-state index contributed by atoms with van der Waals surface area (Å²) in [5, 5.41) is 0.244. The molecule has 1 heterocycles. The highest BCUT2D eigenvalue weighted by Gasteiger charge is 2.18. The number of hydrogen-bond donors (Lipinski definition) is 0. The highest BCUT2D eigenvalue weighted by Crippen LogP contribution is 2.35. The average molecular weight is 307 g/mol. The lowest BCUT2D eigenvalue weighted by atomic mass is 10.1. The number of alkyl halides is 2. The molecule has 0 saturated heterocycles. The van der Waals surface area contributed by atoms with E-state index in [4.69, 9.17) is 21.1 Å². The molecular weight excluding hydrogens is 294 g/mol. The van der Waals surface area contributed by atoms with Crippen LogP contribution in [0.1, 0.15) is 16.8 Å². The van der Waals surface area contributed by atoms with Gasteiger partial charge in [0, 0.05) is 18.1 Å². The largest absolute Gasteiger partial charge is 0.486 e. The summed E-state index contributed by atoms with van der Waals surface area (Å²) in [6.45, 7) is 0.0773. The second-order valence-corrected chi connectivity index (χ2v) is 4.52. The van der Waals surface area contributed by atoms with Gasteiger partial charge in [-0.15, -0.1) is 0 Å². The molecule has 0 spiro atoms. The van der Waals surface area contributed by atoms with Crippen molar-refractivity contribution < 1.29 is 27.8 Å². The molecule has 110 valence electrons. The lowest BCUT2D eigenvalue weighted by molar-refractivity contribution is 0.0170. The SMILES string of the molecule is O=C(CCOCC(F)F)c1cc2c(cc1Cl)OCCO2. The molecule has 1 aliphatic rings. The highest BCUT2D eigenvalue weighted by atomic mass is 35.5. The molecule has 0 bridgehead atoms. The monoisotopic (exact) mass is 306 g/mol. The molecule has 0 aromatic heterocycles. The van der Waals surface area contributed by atoms with E-state index in [1.807, 2.05) is 0 Å². The first-order valence-electron chi connectivity index (χ1n) is 6.06. The molecule has 0 fully saturated rings. The molecule has 20 heavy (non-hydrogen) atoms. The third kappa shape index (κ3) is 3.80. The minimum absolute atomic E-state index is 0.0217. The fraction of sp³-hybridized carbons (Fsp3) is 0.462. The molecule has 0 saturated carbocycles. The van der Waals surface area contributed by atoms with Gasteiger partial charge in [0.15, 0.2) is 17.3 Å². The molecule has 4 nitrogen and oxygen atoms in total. The predicted octanol–water partition coefficient (Wildman–Crippen LogP) is 2.97. The van der Waals surface area contributed by atoms with Crippen molar-refractivity contribution in [2.24, 2.45) is 0 Å². The summed E-state index contributed by atoms with van der Waals surface area (Å²) < 4.78 is 39.1. The number of Topliss-reactive ketones (excluding diaryl/α,β-unsaturated/α-hetero) is 1. The minimum Gasteiger partial charge on any atom is -0.486 e. The Bertz CT molecular complexity index is 494. The smallest absolute Gasteiger partial charge is 0.261 e. The number of benzene rings is 1. The van der Waals surface area contributed by atoms with Crippen LogP contribution in [0.2, 0.25) is 5.02 Å². The zero-order valence-electron chi connectivity index (χ0n) is 10.5. The Balaban J connectivity index is 1.99. The summed E-state index contributed by atoms with van der Waals surface area (Å²) in [7, 11) is 0. The van der Waals surface area contributed by atoms with Gasteiger partial charge in [0.05, 0.1) is 11.6 Å². The summed E-state index contributed by atoms with van der Waals surface area (Å²) >= 11 is 6.00. The van der Waals surface area contributed by atoms with Crippen molar-refractivity contribution in [2.75, 3.05) is 26.4 Å². The Morgan fingerprint density at radius 2 is 1.95 bits per heavy atom. The molecule has 0 aliphatic carbocycles. The van der Waals surface area contributed by atoms with Gasteiger partial charge in [0.25, 0.3) is 6.43 Å². The second-order valence-electron chi connectivity index (χ2n) is 4.11. The summed E-state index contributed by atoms with van der Waals surface area (Å²) in [6.07, 6.45) is -2.56. The van der Waals surface area contributed by atoms with Crippen molar-refractivity contribution in [1.29, 1.82) is 0 Å². The molecule has 1 aromatic carbocycles. The molecule has 2 rings (SSSR count). The van der Waals surface area contributed by atoms with E-state index >= 15 is 0 Å². The lowest BCUT2D eigenvalue weighted by Crippen LogP contribution is -2.16. The molecule has 0 radical (unpaired) electrons. The third-order valence-electron chi connectivity index (χ3n) is 2.65. The van der Waals surface area contributed by atoms with E-state index in [1.165, 1.54) is 12.1 Å². The van der Waals surface area contributed by atoms with E-state index in [-0.39, 0.29) is 29.4 Å². The summed E-state index contributed by atoms with van der Waals surface area (Å²) in [4.78, 5) is 11.9. The van der Waals surface area contributed by atoms with Crippen LogP contribution in [-0.2, 0) is 4.74 Å². The predicted molar refractivity (Wildman–Crippen MR) is 68.2 cm³/mol. The van der Waals surface area contributed by atoms with Gasteiger partial charge in [-0.3, -0.25) is 4.79 Å². The first-order chi connectivity index (χ1) is 9.58. The van der Waals surface area contributed by atoms with E-state index in [1.54, 1.807) is 0 Å².